The van der Waals surface area contributed by atoms with Crippen LogP contribution in [-0.2, 0) is 6.42 Å². The lowest BCUT2D eigenvalue weighted by Crippen LogP contribution is -2.35. The molecule has 124 valence electrons. The summed E-state index contributed by atoms with van der Waals surface area (Å²) >= 11 is 0. The molecule has 0 saturated carbocycles. The first-order valence-electron chi connectivity index (χ1n) is 7.13. The van der Waals surface area contributed by atoms with E-state index in [9.17, 15) is 4.79 Å². The van der Waals surface area contributed by atoms with E-state index in [4.69, 9.17) is 14.0 Å². The SMILES string of the molecule is COc1ncnc(OC)c1C(=O)NC(C)Cc1c(C)noc1C. The van der Waals surface area contributed by atoms with Gasteiger partial charge < -0.3 is 19.3 Å². The molecule has 1 atom stereocenters. The van der Waals surface area contributed by atoms with Crippen LogP contribution in [0.15, 0.2) is 10.9 Å². The Morgan fingerprint density at radius 2 is 1.87 bits per heavy atom. The lowest BCUT2D eigenvalue weighted by molar-refractivity contribution is 0.0932. The molecule has 1 N–H and O–H groups in total. The summed E-state index contributed by atoms with van der Waals surface area (Å²) < 4.78 is 15.4. The summed E-state index contributed by atoms with van der Waals surface area (Å²) in [5.74, 6) is 0.721. The highest BCUT2D eigenvalue weighted by molar-refractivity contribution is 5.98. The molecular formula is C15H20N4O4. The summed E-state index contributed by atoms with van der Waals surface area (Å²) in [6.07, 6.45) is 1.88. The van der Waals surface area contributed by atoms with Crippen molar-refractivity contribution >= 4 is 5.91 Å². The minimum absolute atomic E-state index is 0.145. The van der Waals surface area contributed by atoms with Crippen LogP contribution in [0.4, 0.5) is 0 Å². The molecule has 23 heavy (non-hydrogen) atoms. The highest BCUT2D eigenvalue weighted by Gasteiger charge is 2.23. The minimum atomic E-state index is -0.362. The van der Waals surface area contributed by atoms with E-state index in [-0.39, 0.29) is 29.3 Å². The van der Waals surface area contributed by atoms with E-state index in [0.717, 1.165) is 17.0 Å². The van der Waals surface area contributed by atoms with E-state index >= 15 is 0 Å². The molecule has 0 saturated heterocycles. The van der Waals surface area contributed by atoms with Gasteiger partial charge in [0.15, 0.2) is 5.56 Å². The minimum Gasteiger partial charge on any atom is -0.480 e. The van der Waals surface area contributed by atoms with Crippen LogP contribution >= 0.6 is 0 Å². The third-order valence-corrected chi connectivity index (χ3v) is 3.46. The zero-order chi connectivity index (χ0) is 17.0. The number of carbonyl (C=O) groups is 1. The summed E-state index contributed by atoms with van der Waals surface area (Å²) in [6, 6.07) is -0.145. The van der Waals surface area contributed by atoms with Gasteiger partial charge in [-0.05, 0) is 27.2 Å². The average molecular weight is 320 g/mol. The molecule has 2 aromatic heterocycles. The molecule has 1 amide bonds. The number of hydrogen-bond donors (Lipinski definition) is 1. The van der Waals surface area contributed by atoms with Gasteiger partial charge in [0.2, 0.25) is 11.8 Å². The van der Waals surface area contributed by atoms with Crippen molar-refractivity contribution in [3.8, 4) is 11.8 Å². The third kappa shape index (κ3) is 3.58. The topological polar surface area (TPSA) is 99.4 Å². The third-order valence-electron chi connectivity index (χ3n) is 3.46. The highest BCUT2D eigenvalue weighted by atomic mass is 16.5. The number of ether oxygens (including phenoxy) is 2. The van der Waals surface area contributed by atoms with Crippen LogP contribution in [0.1, 0.15) is 34.3 Å². The molecule has 0 radical (unpaired) electrons. The van der Waals surface area contributed by atoms with Gasteiger partial charge in [0.1, 0.15) is 12.1 Å². The van der Waals surface area contributed by atoms with Crippen molar-refractivity contribution < 1.29 is 18.8 Å². The van der Waals surface area contributed by atoms with Crippen molar-refractivity contribution in [2.75, 3.05) is 14.2 Å². The number of nitrogens with one attached hydrogen (secondary N) is 1. The summed E-state index contributed by atoms with van der Waals surface area (Å²) in [4.78, 5) is 20.4. The maximum atomic E-state index is 12.5. The van der Waals surface area contributed by atoms with Gasteiger partial charge in [-0.3, -0.25) is 4.79 Å². The van der Waals surface area contributed by atoms with Gasteiger partial charge in [-0.1, -0.05) is 5.16 Å². The fourth-order valence-corrected chi connectivity index (χ4v) is 2.30. The van der Waals surface area contributed by atoms with Crippen molar-refractivity contribution in [2.45, 2.75) is 33.2 Å². The lowest BCUT2D eigenvalue weighted by atomic mass is 10.1. The van der Waals surface area contributed by atoms with Crippen LogP contribution < -0.4 is 14.8 Å². The molecule has 8 heteroatoms. The number of hydrogen-bond acceptors (Lipinski definition) is 7. The molecule has 0 aliphatic rings. The quantitative estimate of drug-likeness (QED) is 0.860. The van der Waals surface area contributed by atoms with Crippen molar-refractivity contribution in [1.82, 2.24) is 20.4 Å². The van der Waals surface area contributed by atoms with Gasteiger partial charge in [-0.25, -0.2) is 9.97 Å². The van der Waals surface area contributed by atoms with E-state index in [2.05, 4.69) is 20.4 Å². The van der Waals surface area contributed by atoms with Crippen LogP contribution in [0.5, 0.6) is 11.8 Å². The first kappa shape index (κ1) is 16.7. The zero-order valence-corrected chi connectivity index (χ0v) is 13.8. The average Bonchev–Trinajstić information content (AvgIpc) is 2.85. The number of carbonyl (C=O) groups excluding carboxylic acids is 1. The van der Waals surface area contributed by atoms with Crippen molar-refractivity contribution in [2.24, 2.45) is 0 Å². The monoisotopic (exact) mass is 320 g/mol. The lowest BCUT2D eigenvalue weighted by Gasteiger charge is -2.16. The maximum Gasteiger partial charge on any atom is 0.262 e. The van der Waals surface area contributed by atoms with E-state index in [1.165, 1.54) is 20.5 Å². The standard InChI is InChI=1S/C15H20N4O4/c1-8(6-11-9(2)19-23-10(11)3)18-13(20)12-14(21-4)16-7-17-15(12)22-5/h7-8H,6H2,1-5H3,(H,18,20). The van der Waals surface area contributed by atoms with Crippen LogP contribution in [0, 0.1) is 13.8 Å². The van der Waals surface area contributed by atoms with Gasteiger partial charge in [-0.2, -0.15) is 0 Å². The molecule has 8 nitrogen and oxygen atoms in total. The van der Waals surface area contributed by atoms with Crippen LogP contribution in [0.25, 0.3) is 0 Å². The Morgan fingerprint density at radius 1 is 1.26 bits per heavy atom. The predicted octanol–water partition coefficient (Wildman–Crippen LogP) is 1.46. The summed E-state index contributed by atoms with van der Waals surface area (Å²) in [6.45, 7) is 5.62. The molecule has 0 aromatic carbocycles. The Labute approximate surface area is 134 Å². The fraction of sp³-hybridized carbons (Fsp3) is 0.467. The molecule has 0 aliphatic carbocycles. The summed E-state index contributed by atoms with van der Waals surface area (Å²) in [7, 11) is 2.87. The molecule has 0 bridgehead atoms. The number of aryl methyl sites for hydroxylation is 2. The van der Waals surface area contributed by atoms with Gasteiger partial charge in [0.05, 0.1) is 19.9 Å². The number of rotatable bonds is 6. The van der Waals surface area contributed by atoms with E-state index in [1.807, 2.05) is 20.8 Å². The number of nitrogens with zero attached hydrogens (tertiary/aromatic N) is 3. The molecular weight excluding hydrogens is 300 g/mol. The van der Waals surface area contributed by atoms with E-state index in [0.29, 0.717) is 6.42 Å². The normalized spacial score (nSPS) is 11.9. The molecule has 1 unspecified atom stereocenters. The molecule has 0 fully saturated rings. The molecule has 0 spiro atoms. The van der Waals surface area contributed by atoms with Crippen LogP contribution in [0.2, 0.25) is 0 Å². The fourth-order valence-electron chi connectivity index (χ4n) is 2.30. The van der Waals surface area contributed by atoms with Crippen molar-refractivity contribution in [3.63, 3.8) is 0 Å². The van der Waals surface area contributed by atoms with Crippen LogP contribution in [-0.4, -0.2) is 41.3 Å². The van der Waals surface area contributed by atoms with Crippen molar-refractivity contribution in [1.29, 1.82) is 0 Å². The molecule has 2 heterocycles. The summed E-state index contributed by atoms with van der Waals surface area (Å²) in [5, 5.41) is 6.80. The second-order valence-electron chi connectivity index (χ2n) is 5.15. The Balaban J connectivity index is 2.16. The second kappa shape index (κ2) is 7.08. The first-order valence-corrected chi connectivity index (χ1v) is 7.13. The number of amides is 1. The summed E-state index contributed by atoms with van der Waals surface area (Å²) in [5.41, 5.74) is 1.98. The molecule has 0 aliphatic heterocycles. The second-order valence-corrected chi connectivity index (χ2v) is 5.15. The highest BCUT2D eigenvalue weighted by Crippen LogP contribution is 2.23. The van der Waals surface area contributed by atoms with Gasteiger partial charge in [0, 0.05) is 11.6 Å². The first-order chi connectivity index (χ1) is 11.0. The van der Waals surface area contributed by atoms with Gasteiger partial charge in [0.25, 0.3) is 5.91 Å². The Hall–Kier alpha value is -2.64. The number of methoxy groups -OCH3 is 2. The Morgan fingerprint density at radius 3 is 2.35 bits per heavy atom. The maximum absolute atomic E-state index is 12.5. The zero-order valence-electron chi connectivity index (χ0n) is 13.8. The van der Waals surface area contributed by atoms with Crippen LogP contribution in [0.3, 0.4) is 0 Å². The Kier molecular flexibility index (Phi) is 5.15. The van der Waals surface area contributed by atoms with Gasteiger partial charge >= 0.3 is 0 Å². The van der Waals surface area contributed by atoms with E-state index < -0.39 is 0 Å². The Bertz CT molecular complexity index is 657. The number of aromatic nitrogens is 3. The largest absolute Gasteiger partial charge is 0.480 e. The van der Waals surface area contributed by atoms with Gasteiger partial charge in [-0.15, -0.1) is 0 Å². The van der Waals surface area contributed by atoms with Crippen molar-refractivity contribution in [3.05, 3.63) is 28.9 Å². The van der Waals surface area contributed by atoms with E-state index in [1.54, 1.807) is 0 Å². The molecule has 2 rings (SSSR count). The molecule has 2 aromatic rings. The smallest absolute Gasteiger partial charge is 0.262 e. The predicted molar refractivity (Wildman–Crippen MR) is 81.7 cm³/mol.